The van der Waals surface area contributed by atoms with Crippen LogP contribution in [0, 0.1) is 13.8 Å². The number of aromatic nitrogens is 1. The highest BCUT2D eigenvalue weighted by molar-refractivity contribution is 7.16. The van der Waals surface area contributed by atoms with Crippen molar-refractivity contribution in [2.45, 2.75) is 39.5 Å². The minimum absolute atomic E-state index is 0.0355. The number of nitrogens with zero attached hydrogens (tertiary/aromatic N) is 2. The molecule has 3 rings (SSSR count). The highest BCUT2D eigenvalue weighted by atomic mass is 32.1. The van der Waals surface area contributed by atoms with Crippen LogP contribution in [0.5, 0.6) is 0 Å². The van der Waals surface area contributed by atoms with Crippen molar-refractivity contribution in [2.75, 3.05) is 18.0 Å². The Morgan fingerprint density at radius 1 is 1.22 bits per heavy atom. The van der Waals surface area contributed by atoms with E-state index < -0.39 is 5.97 Å². The number of aliphatic carboxylic acids is 1. The zero-order valence-electron chi connectivity index (χ0n) is 13.6. The van der Waals surface area contributed by atoms with Gasteiger partial charge >= 0.3 is 5.97 Å². The van der Waals surface area contributed by atoms with Crippen molar-refractivity contribution in [3.8, 4) is 11.3 Å². The number of rotatable bonds is 4. The van der Waals surface area contributed by atoms with Gasteiger partial charge in [-0.25, -0.2) is 4.98 Å². The predicted molar refractivity (Wildman–Crippen MR) is 94.4 cm³/mol. The second-order valence-corrected chi connectivity index (χ2v) is 7.25. The fourth-order valence-electron chi connectivity index (χ4n) is 2.93. The van der Waals surface area contributed by atoms with Gasteiger partial charge in [0.25, 0.3) is 0 Å². The average Bonchev–Trinajstić information content (AvgIpc) is 2.94. The normalized spacial score (nSPS) is 15.0. The van der Waals surface area contributed by atoms with Gasteiger partial charge in [0.1, 0.15) is 0 Å². The van der Waals surface area contributed by atoms with Gasteiger partial charge in [-0.15, -0.1) is 11.3 Å². The molecular weight excluding hydrogens is 308 g/mol. The van der Waals surface area contributed by atoms with E-state index in [0.717, 1.165) is 34.4 Å². The summed E-state index contributed by atoms with van der Waals surface area (Å²) in [7, 11) is 0. The van der Waals surface area contributed by atoms with E-state index in [1.165, 1.54) is 41.7 Å². The zero-order chi connectivity index (χ0) is 16.4. The third kappa shape index (κ3) is 3.55. The lowest BCUT2D eigenvalue weighted by molar-refractivity contribution is -0.136. The van der Waals surface area contributed by atoms with Crippen LogP contribution in [0.1, 0.15) is 35.3 Å². The van der Waals surface area contributed by atoms with Crippen LogP contribution in [0.15, 0.2) is 18.2 Å². The van der Waals surface area contributed by atoms with Crippen molar-refractivity contribution >= 4 is 22.4 Å². The maximum atomic E-state index is 11.2. The molecule has 0 radical (unpaired) electrons. The lowest BCUT2D eigenvalue weighted by atomic mass is 10.0. The van der Waals surface area contributed by atoms with Gasteiger partial charge in [0.05, 0.1) is 12.1 Å². The van der Waals surface area contributed by atoms with Crippen LogP contribution in [0.2, 0.25) is 0 Å². The molecule has 1 aromatic heterocycles. The van der Waals surface area contributed by atoms with Crippen molar-refractivity contribution in [3.63, 3.8) is 0 Å². The van der Waals surface area contributed by atoms with Gasteiger partial charge in [0.15, 0.2) is 5.13 Å². The smallest absolute Gasteiger partial charge is 0.308 e. The molecule has 1 fully saturated rings. The number of benzene rings is 1. The number of hydrogen-bond donors (Lipinski definition) is 1. The Morgan fingerprint density at radius 3 is 2.61 bits per heavy atom. The molecule has 0 spiro atoms. The summed E-state index contributed by atoms with van der Waals surface area (Å²) in [6, 6.07) is 6.23. The van der Waals surface area contributed by atoms with Crippen molar-refractivity contribution < 1.29 is 9.90 Å². The fourth-order valence-corrected chi connectivity index (χ4v) is 4.06. The first-order chi connectivity index (χ1) is 11.0. The van der Waals surface area contributed by atoms with Gasteiger partial charge in [-0.1, -0.05) is 12.1 Å². The maximum absolute atomic E-state index is 11.2. The minimum Gasteiger partial charge on any atom is -0.481 e. The van der Waals surface area contributed by atoms with E-state index in [0.29, 0.717) is 0 Å². The van der Waals surface area contributed by atoms with Crippen LogP contribution in [0.4, 0.5) is 5.13 Å². The SMILES string of the molecule is Cc1ccc(-c2nc(N3CCCCC3)sc2CC(=O)O)cc1C. The molecule has 4 nitrogen and oxygen atoms in total. The van der Waals surface area contributed by atoms with Crippen molar-refractivity contribution in [1.82, 2.24) is 4.98 Å². The molecule has 0 unspecified atom stereocenters. The summed E-state index contributed by atoms with van der Waals surface area (Å²) in [5, 5.41) is 10.2. The van der Waals surface area contributed by atoms with E-state index in [1.54, 1.807) is 0 Å². The van der Waals surface area contributed by atoms with Crippen LogP contribution in [0.25, 0.3) is 11.3 Å². The summed E-state index contributed by atoms with van der Waals surface area (Å²) in [5.74, 6) is -0.802. The number of hydrogen-bond acceptors (Lipinski definition) is 4. The van der Waals surface area contributed by atoms with E-state index in [9.17, 15) is 9.90 Å². The van der Waals surface area contributed by atoms with Gasteiger partial charge in [-0.2, -0.15) is 0 Å². The topological polar surface area (TPSA) is 53.4 Å². The summed E-state index contributed by atoms with van der Waals surface area (Å²) < 4.78 is 0. The fraction of sp³-hybridized carbons (Fsp3) is 0.444. The molecule has 1 N–H and O–H groups in total. The first kappa shape index (κ1) is 16.0. The second-order valence-electron chi connectivity index (χ2n) is 6.19. The molecule has 5 heteroatoms. The molecule has 1 aliphatic rings. The lowest BCUT2D eigenvalue weighted by Crippen LogP contribution is -2.29. The molecule has 0 amide bonds. The molecule has 2 heterocycles. The van der Waals surface area contributed by atoms with E-state index in [-0.39, 0.29) is 6.42 Å². The van der Waals surface area contributed by atoms with Crippen molar-refractivity contribution in [2.24, 2.45) is 0 Å². The molecule has 0 aliphatic carbocycles. The minimum atomic E-state index is -0.802. The quantitative estimate of drug-likeness (QED) is 0.919. The number of anilines is 1. The molecule has 1 aliphatic heterocycles. The summed E-state index contributed by atoms with van der Waals surface area (Å²) >= 11 is 1.53. The van der Waals surface area contributed by atoms with E-state index >= 15 is 0 Å². The third-order valence-corrected chi connectivity index (χ3v) is 5.52. The second kappa shape index (κ2) is 6.71. The van der Waals surface area contributed by atoms with Crippen molar-refractivity contribution in [1.29, 1.82) is 0 Å². The molecule has 0 bridgehead atoms. The Kier molecular flexibility index (Phi) is 4.66. The summed E-state index contributed by atoms with van der Waals surface area (Å²) in [4.78, 5) is 19.2. The van der Waals surface area contributed by atoms with Crippen LogP contribution < -0.4 is 4.90 Å². The number of aryl methyl sites for hydroxylation is 2. The Bertz CT molecular complexity index is 718. The number of piperidine rings is 1. The van der Waals surface area contributed by atoms with Crippen LogP contribution in [-0.4, -0.2) is 29.1 Å². The lowest BCUT2D eigenvalue weighted by Gasteiger charge is -2.25. The van der Waals surface area contributed by atoms with E-state index in [2.05, 4.69) is 30.9 Å². The summed E-state index contributed by atoms with van der Waals surface area (Å²) in [6.45, 7) is 6.20. The first-order valence-corrected chi connectivity index (χ1v) is 8.90. The predicted octanol–water partition coefficient (Wildman–Crippen LogP) is 4.04. The average molecular weight is 330 g/mol. The van der Waals surface area contributed by atoms with Crippen molar-refractivity contribution in [3.05, 3.63) is 34.2 Å². The van der Waals surface area contributed by atoms with Gasteiger partial charge in [0.2, 0.25) is 0 Å². The molecule has 1 saturated heterocycles. The standard InChI is InChI=1S/C18H22N2O2S/c1-12-6-7-14(10-13(12)2)17-15(11-16(21)22)23-18(19-17)20-8-4-3-5-9-20/h6-7,10H,3-5,8-9,11H2,1-2H3,(H,21,22). The molecule has 0 saturated carbocycles. The Labute approximate surface area is 140 Å². The Balaban J connectivity index is 2.00. The number of thiazole rings is 1. The third-order valence-electron chi connectivity index (χ3n) is 4.40. The molecular formula is C18H22N2O2S. The van der Waals surface area contributed by atoms with Gasteiger partial charge in [-0.05, 0) is 50.3 Å². The summed E-state index contributed by atoms with van der Waals surface area (Å²) in [6.07, 6.45) is 3.68. The number of carboxylic acid groups (broad SMARTS) is 1. The molecule has 122 valence electrons. The highest BCUT2D eigenvalue weighted by Crippen LogP contribution is 2.35. The largest absolute Gasteiger partial charge is 0.481 e. The molecule has 23 heavy (non-hydrogen) atoms. The summed E-state index contributed by atoms with van der Waals surface area (Å²) in [5.41, 5.74) is 4.29. The van der Waals surface area contributed by atoms with Crippen LogP contribution >= 0.6 is 11.3 Å². The zero-order valence-corrected chi connectivity index (χ0v) is 14.4. The van der Waals surface area contributed by atoms with E-state index in [4.69, 9.17) is 4.98 Å². The van der Waals surface area contributed by atoms with Gasteiger partial charge in [-0.3, -0.25) is 4.79 Å². The Morgan fingerprint density at radius 2 is 1.96 bits per heavy atom. The number of carboxylic acids is 1. The Hall–Kier alpha value is -1.88. The monoisotopic (exact) mass is 330 g/mol. The number of carbonyl (C=O) groups is 1. The van der Waals surface area contributed by atoms with Gasteiger partial charge in [0, 0.05) is 23.5 Å². The van der Waals surface area contributed by atoms with Gasteiger partial charge < -0.3 is 10.0 Å². The molecule has 0 atom stereocenters. The molecule has 2 aromatic rings. The highest BCUT2D eigenvalue weighted by Gasteiger charge is 2.20. The molecule has 1 aromatic carbocycles. The van der Waals surface area contributed by atoms with Crippen LogP contribution in [0.3, 0.4) is 0 Å². The van der Waals surface area contributed by atoms with Crippen LogP contribution in [-0.2, 0) is 11.2 Å². The maximum Gasteiger partial charge on any atom is 0.308 e. The first-order valence-electron chi connectivity index (χ1n) is 8.08. The van der Waals surface area contributed by atoms with E-state index in [1.807, 2.05) is 6.07 Å².